The maximum atomic E-state index is 13.6. The number of esters is 1. The van der Waals surface area contributed by atoms with Gasteiger partial charge in [0.05, 0.1) is 35.1 Å². The van der Waals surface area contributed by atoms with Crippen LogP contribution in [0.15, 0.2) is 63.5 Å². The SMILES string of the molecule is COc1ccc([C@H]2C(C(=O)OC(C)C)=C(C)N=c3s/c(=C/c4ccc(Cl)cc4Cl)c(=O)n32)cc1. The molecule has 0 aliphatic carbocycles. The normalized spacial score (nSPS) is 15.9. The lowest BCUT2D eigenvalue weighted by atomic mass is 9.96. The number of benzene rings is 2. The molecular weight excluding hydrogens is 495 g/mol. The molecule has 9 heteroatoms. The predicted molar refractivity (Wildman–Crippen MR) is 134 cm³/mol. The van der Waals surface area contributed by atoms with Gasteiger partial charge in [-0.1, -0.05) is 52.7 Å². The second-order valence-electron chi connectivity index (χ2n) is 7.97. The fourth-order valence-corrected chi connectivity index (χ4v) is 5.22. The van der Waals surface area contributed by atoms with Crippen LogP contribution in [0.3, 0.4) is 0 Å². The summed E-state index contributed by atoms with van der Waals surface area (Å²) < 4.78 is 12.8. The summed E-state index contributed by atoms with van der Waals surface area (Å²) in [6.45, 7) is 5.31. The number of allylic oxidation sites excluding steroid dienone is 1. The number of carbonyl (C=O) groups is 1. The van der Waals surface area contributed by atoms with E-state index in [0.717, 1.165) is 5.56 Å². The fourth-order valence-electron chi connectivity index (χ4n) is 3.72. The summed E-state index contributed by atoms with van der Waals surface area (Å²) in [7, 11) is 1.58. The first-order valence-corrected chi connectivity index (χ1v) is 12.1. The van der Waals surface area contributed by atoms with E-state index in [-0.39, 0.29) is 11.7 Å². The van der Waals surface area contributed by atoms with E-state index in [1.807, 2.05) is 12.1 Å². The number of hydrogen-bond acceptors (Lipinski definition) is 6. The number of hydrogen-bond donors (Lipinski definition) is 0. The number of halogens is 2. The summed E-state index contributed by atoms with van der Waals surface area (Å²) in [5.41, 5.74) is 1.94. The van der Waals surface area contributed by atoms with Crippen LogP contribution in [0.2, 0.25) is 10.0 Å². The highest BCUT2D eigenvalue weighted by molar-refractivity contribution is 7.07. The molecule has 4 rings (SSSR count). The van der Waals surface area contributed by atoms with E-state index in [1.165, 1.54) is 15.9 Å². The minimum absolute atomic E-state index is 0.280. The van der Waals surface area contributed by atoms with Gasteiger partial charge in [0.15, 0.2) is 4.80 Å². The topological polar surface area (TPSA) is 69.9 Å². The summed E-state index contributed by atoms with van der Waals surface area (Å²) in [5.74, 6) is 0.160. The molecule has 34 heavy (non-hydrogen) atoms. The molecule has 1 atom stereocenters. The number of fused-ring (bicyclic) bond motifs is 1. The molecule has 1 aromatic heterocycles. The van der Waals surface area contributed by atoms with Crippen LogP contribution in [0.1, 0.15) is 37.9 Å². The van der Waals surface area contributed by atoms with Gasteiger partial charge in [0.25, 0.3) is 5.56 Å². The van der Waals surface area contributed by atoms with E-state index < -0.39 is 12.0 Å². The van der Waals surface area contributed by atoms with Gasteiger partial charge >= 0.3 is 5.97 Å². The van der Waals surface area contributed by atoms with Crippen molar-refractivity contribution in [2.75, 3.05) is 7.11 Å². The monoisotopic (exact) mass is 516 g/mol. The smallest absolute Gasteiger partial charge is 0.338 e. The zero-order valence-electron chi connectivity index (χ0n) is 19.0. The van der Waals surface area contributed by atoms with Gasteiger partial charge in [-0.05, 0) is 62.2 Å². The Balaban J connectivity index is 1.94. The lowest BCUT2D eigenvalue weighted by molar-refractivity contribution is -0.143. The molecule has 6 nitrogen and oxygen atoms in total. The number of ether oxygens (including phenoxy) is 2. The number of aromatic nitrogens is 1. The van der Waals surface area contributed by atoms with Crippen LogP contribution in [-0.2, 0) is 9.53 Å². The molecule has 0 spiro atoms. The van der Waals surface area contributed by atoms with Gasteiger partial charge in [-0.15, -0.1) is 0 Å². The van der Waals surface area contributed by atoms with Crippen LogP contribution in [0, 0.1) is 0 Å². The van der Waals surface area contributed by atoms with E-state index in [2.05, 4.69) is 4.99 Å². The Bertz CT molecular complexity index is 1470. The predicted octanol–water partition coefficient (Wildman–Crippen LogP) is 4.50. The zero-order chi connectivity index (χ0) is 24.6. The zero-order valence-corrected chi connectivity index (χ0v) is 21.3. The van der Waals surface area contributed by atoms with Crippen molar-refractivity contribution in [2.45, 2.75) is 32.9 Å². The molecule has 0 N–H and O–H groups in total. The first kappa shape index (κ1) is 24.3. The molecule has 0 fully saturated rings. The molecule has 0 unspecified atom stereocenters. The molecule has 176 valence electrons. The van der Waals surface area contributed by atoms with Crippen molar-refractivity contribution >= 4 is 46.6 Å². The highest BCUT2D eigenvalue weighted by atomic mass is 35.5. The second-order valence-corrected chi connectivity index (χ2v) is 9.83. The molecule has 0 bridgehead atoms. The van der Waals surface area contributed by atoms with E-state index in [9.17, 15) is 9.59 Å². The lowest BCUT2D eigenvalue weighted by Gasteiger charge is -2.25. The Morgan fingerprint density at radius 1 is 1.18 bits per heavy atom. The Hall–Kier alpha value is -2.87. The summed E-state index contributed by atoms with van der Waals surface area (Å²) in [5, 5.41) is 0.939. The Morgan fingerprint density at radius 2 is 1.88 bits per heavy atom. The highest BCUT2D eigenvalue weighted by Gasteiger charge is 2.33. The van der Waals surface area contributed by atoms with Crippen molar-refractivity contribution in [3.63, 3.8) is 0 Å². The first-order chi connectivity index (χ1) is 16.2. The average Bonchev–Trinajstić information content (AvgIpc) is 3.08. The van der Waals surface area contributed by atoms with Crippen LogP contribution < -0.4 is 19.6 Å². The third kappa shape index (κ3) is 4.69. The summed E-state index contributed by atoms with van der Waals surface area (Å²) >= 11 is 13.6. The van der Waals surface area contributed by atoms with E-state index in [4.69, 9.17) is 32.7 Å². The van der Waals surface area contributed by atoms with Crippen LogP contribution in [0.25, 0.3) is 6.08 Å². The number of rotatable bonds is 5. The van der Waals surface area contributed by atoms with E-state index in [1.54, 1.807) is 64.3 Å². The third-order valence-electron chi connectivity index (χ3n) is 5.26. The molecule has 1 aliphatic heterocycles. The van der Waals surface area contributed by atoms with Crippen molar-refractivity contribution in [1.29, 1.82) is 0 Å². The van der Waals surface area contributed by atoms with E-state index in [0.29, 0.717) is 42.0 Å². The van der Waals surface area contributed by atoms with Crippen LogP contribution in [0.5, 0.6) is 5.75 Å². The van der Waals surface area contributed by atoms with Crippen molar-refractivity contribution < 1.29 is 14.3 Å². The van der Waals surface area contributed by atoms with E-state index >= 15 is 0 Å². The van der Waals surface area contributed by atoms with Crippen LogP contribution >= 0.6 is 34.5 Å². The van der Waals surface area contributed by atoms with Gasteiger partial charge in [0.2, 0.25) is 0 Å². The van der Waals surface area contributed by atoms with Crippen molar-refractivity contribution in [3.05, 3.63) is 94.6 Å². The van der Waals surface area contributed by atoms with Gasteiger partial charge in [0, 0.05) is 10.0 Å². The first-order valence-electron chi connectivity index (χ1n) is 10.5. The summed E-state index contributed by atoms with van der Waals surface area (Å²) in [4.78, 5) is 31.8. The van der Waals surface area contributed by atoms with Crippen molar-refractivity contribution in [1.82, 2.24) is 4.57 Å². The molecule has 0 saturated heterocycles. The fraction of sp³-hybridized carbons (Fsp3) is 0.240. The van der Waals surface area contributed by atoms with Crippen molar-refractivity contribution in [3.8, 4) is 5.75 Å². The summed E-state index contributed by atoms with van der Waals surface area (Å²) in [6, 6.07) is 11.6. The molecule has 1 aliphatic rings. The third-order valence-corrected chi connectivity index (χ3v) is 6.81. The average molecular weight is 517 g/mol. The maximum Gasteiger partial charge on any atom is 0.338 e. The quantitative estimate of drug-likeness (QED) is 0.468. The minimum Gasteiger partial charge on any atom is -0.497 e. The van der Waals surface area contributed by atoms with Gasteiger partial charge in [-0.25, -0.2) is 9.79 Å². The van der Waals surface area contributed by atoms with Gasteiger partial charge in [-0.2, -0.15) is 0 Å². The largest absolute Gasteiger partial charge is 0.497 e. The molecule has 0 radical (unpaired) electrons. The number of carbonyl (C=O) groups excluding carboxylic acids is 1. The molecular formula is C25H22Cl2N2O4S. The number of thiazole rings is 1. The standard InChI is InChI=1S/C25H22Cl2N2O4S/c1-13(2)33-24(31)21-14(3)28-25-29(22(21)15-6-9-18(32-4)10-7-15)23(30)20(34-25)11-16-5-8-17(26)12-19(16)27/h5-13,22H,1-4H3/b20-11+/t22-/m0/s1. The Kier molecular flexibility index (Phi) is 6.98. The van der Waals surface area contributed by atoms with Gasteiger partial charge in [-0.3, -0.25) is 9.36 Å². The molecule has 0 amide bonds. The second kappa shape index (κ2) is 9.78. The highest BCUT2D eigenvalue weighted by Crippen LogP contribution is 2.32. The summed E-state index contributed by atoms with van der Waals surface area (Å²) in [6.07, 6.45) is 1.39. The Morgan fingerprint density at radius 3 is 2.50 bits per heavy atom. The van der Waals surface area contributed by atoms with Crippen molar-refractivity contribution in [2.24, 2.45) is 4.99 Å². The molecule has 2 heterocycles. The maximum absolute atomic E-state index is 13.6. The van der Waals surface area contributed by atoms with Crippen LogP contribution in [-0.4, -0.2) is 23.8 Å². The number of nitrogens with zero attached hydrogens (tertiary/aromatic N) is 2. The Labute approximate surface area is 210 Å². The molecule has 2 aromatic carbocycles. The van der Waals surface area contributed by atoms with Gasteiger partial charge in [0.1, 0.15) is 5.75 Å². The number of methoxy groups -OCH3 is 1. The van der Waals surface area contributed by atoms with Crippen LogP contribution in [0.4, 0.5) is 0 Å². The van der Waals surface area contributed by atoms with Gasteiger partial charge < -0.3 is 9.47 Å². The molecule has 3 aromatic rings. The molecule has 0 saturated carbocycles. The minimum atomic E-state index is -0.698. The lowest BCUT2D eigenvalue weighted by Crippen LogP contribution is -2.40.